The van der Waals surface area contributed by atoms with Gasteiger partial charge in [0.2, 0.25) is 0 Å². The lowest BCUT2D eigenvalue weighted by atomic mass is 10.0. The van der Waals surface area contributed by atoms with Crippen molar-refractivity contribution in [2.45, 2.75) is 26.3 Å². The maximum absolute atomic E-state index is 6.13. The fraction of sp³-hybridized carbons (Fsp3) is 0.182. The van der Waals surface area contributed by atoms with Crippen molar-refractivity contribution in [3.8, 4) is 0 Å². The summed E-state index contributed by atoms with van der Waals surface area (Å²) in [6, 6.07) is 17.0. The Morgan fingerprint density at radius 1 is 0.846 bits per heavy atom. The first-order valence-corrected chi connectivity index (χ1v) is 8.86. The number of anilines is 1. The molecule has 0 bridgehead atoms. The first kappa shape index (κ1) is 16.5. The van der Waals surface area contributed by atoms with Crippen molar-refractivity contribution < 1.29 is 0 Å². The Balaban J connectivity index is 1.68. The van der Waals surface area contributed by atoms with E-state index in [-0.39, 0.29) is 0 Å². The Morgan fingerprint density at radius 2 is 1.58 bits per heavy atom. The van der Waals surface area contributed by atoms with Crippen LogP contribution in [0.4, 0.5) is 5.82 Å². The van der Waals surface area contributed by atoms with Crippen LogP contribution in [0.15, 0.2) is 54.7 Å². The molecule has 26 heavy (non-hydrogen) atoms. The topological polar surface area (TPSA) is 77.8 Å². The first-order valence-electron chi connectivity index (χ1n) is 8.86. The monoisotopic (exact) mass is 342 g/mol. The van der Waals surface area contributed by atoms with Gasteiger partial charge in [0.1, 0.15) is 5.52 Å². The number of benzene rings is 2. The normalized spacial score (nSPS) is 11.3. The molecule has 4 rings (SSSR count). The van der Waals surface area contributed by atoms with Crippen LogP contribution in [0.3, 0.4) is 0 Å². The zero-order valence-corrected chi connectivity index (χ0v) is 14.9. The zero-order valence-electron chi connectivity index (χ0n) is 14.9. The van der Waals surface area contributed by atoms with E-state index in [1.165, 1.54) is 16.7 Å². The van der Waals surface area contributed by atoms with E-state index in [0.717, 1.165) is 40.2 Å². The van der Waals surface area contributed by atoms with Gasteiger partial charge in [-0.3, -0.25) is 4.98 Å². The molecule has 4 N–H and O–H groups in total. The highest BCUT2D eigenvalue weighted by atomic mass is 14.9. The number of aromatic nitrogens is 2. The van der Waals surface area contributed by atoms with Crippen molar-refractivity contribution in [1.29, 1.82) is 0 Å². The molecule has 2 aromatic carbocycles. The Kier molecular flexibility index (Phi) is 4.27. The summed E-state index contributed by atoms with van der Waals surface area (Å²) in [5.74, 6) is 0.488. The molecule has 2 heterocycles. The second kappa shape index (κ2) is 6.73. The third-order valence-corrected chi connectivity index (χ3v) is 4.83. The molecule has 0 aliphatic carbocycles. The summed E-state index contributed by atoms with van der Waals surface area (Å²) in [6.07, 6.45) is 3.81. The molecule has 0 saturated heterocycles. The minimum atomic E-state index is 0.488. The fourth-order valence-electron chi connectivity index (χ4n) is 3.33. The average molecular weight is 342 g/mol. The van der Waals surface area contributed by atoms with Crippen LogP contribution < -0.4 is 11.5 Å². The molecule has 0 saturated carbocycles. The van der Waals surface area contributed by atoms with Crippen molar-refractivity contribution in [2.75, 3.05) is 5.73 Å². The van der Waals surface area contributed by atoms with Crippen LogP contribution in [0.25, 0.3) is 21.8 Å². The van der Waals surface area contributed by atoms with Crippen molar-refractivity contribution in [1.82, 2.24) is 9.97 Å². The van der Waals surface area contributed by atoms with E-state index in [2.05, 4.69) is 65.4 Å². The molecule has 0 unspecified atom stereocenters. The molecule has 4 nitrogen and oxygen atoms in total. The highest BCUT2D eigenvalue weighted by molar-refractivity contribution is 6.08. The largest absolute Gasteiger partial charge is 0.382 e. The van der Waals surface area contributed by atoms with E-state index in [1.807, 2.05) is 6.20 Å². The third kappa shape index (κ3) is 3.11. The van der Waals surface area contributed by atoms with Crippen LogP contribution in [0, 0.1) is 6.92 Å². The summed E-state index contributed by atoms with van der Waals surface area (Å²) >= 11 is 0. The summed E-state index contributed by atoms with van der Waals surface area (Å²) in [4.78, 5) is 9.10. The van der Waals surface area contributed by atoms with Gasteiger partial charge in [0, 0.05) is 23.5 Å². The van der Waals surface area contributed by atoms with E-state index in [9.17, 15) is 0 Å². The van der Waals surface area contributed by atoms with Crippen molar-refractivity contribution in [3.63, 3.8) is 0 Å². The quantitative estimate of drug-likeness (QED) is 0.551. The Bertz CT molecular complexity index is 1080. The van der Waals surface area contributed by atoms with E-state index in [4.69, 9.17) is 11.5 Å². The number of pyridine rings is 2. The number of hydrogen-bond acceptors (Lipinski definition) is 4. The molecular weight excluding hydrogens is 320 g/mol. The highest BCUT2D eigenvalue weighted by Gasteiger charge is 2.09. The molecule has 2 aromatic heterocycles. The van der Waals surface area contributed by atoms with Gasteiger partial charge in [-0.25, -0.2) is 4.98 Å². The van der Waals surface area contributed by atoms with Crippen LogP contribution in [0.2, 0.25) is 0 Å². The number of fused-ring (bicyclic) bond motifs is 3. The molecule has 130 valence electrons. The second-order valence-electron chi connectivity index (χ2n) is 6.78. The highest BCUT2D eigenvalue weighted by Crippen LogP contribution is 2.28. The summed E-state index contributed by atoms with van der Waals surface area (Å²) in [7, 11) is 0. The van der Waals surface area contributed by atoms with E-state index in [1.54, 1.807) is 0 Å². The summed E-state index contributed by atoms with van der Waals surface area (Å²) in [5.41, 5.74) is 18.3. The Morgan fingerprint density at radius 3 is 2.35 bits per heavy atom. The van der Waals surface area contributed by atoms with Crippen LogP contribution in [-0.2, 0) is 19.4 Å². The lowest BCUT2D eigenvalue weighted by molar-refractivity contribution is 0.950. The fourth-order valence-corrected chi connectivity index (χ4v) is 3.33. The molecule has 0 amide bonds. The third-order valence-electron chi connectivity index (χ3n) is 4.83. The second-order valence-corrected chi connectivity index (χ2v) is 6.78. The number of aryl methyl sites for hydroxylation is 3. The number of hydrogen-bond donors (Lipinski definition) is 2. The van der Waals surface area contributed by atoms with Crippen LogP contribution >= 0.6 is 0 Å². The van der Waals surface area contributed by atoms with E-state index >= 15 is 0 Å². The minimum Gasteiger partial charge on any atom is -0.382 e. The summed E-state index contributed by atoms with van der Waals surface area (Å²) in [6.45, 7) is 2.64. The predicted octanol–water partition coefficient (Wildman–Crippen LogP) is 3.92. The summed E-state index contributed by atoms with van der Waals surface area (Å²) < 4.78 is 0. The summed E-state index contributed by atoms with van der Waals surface area (Å²) in [5, 5.41) is 2.17. The zero-order chi connectivity index (χ0) is 18.1. The van der Waals surface area contributed by atoms with Gasteiger partial charge in [0.25, 0.3) is 0 Å². The van der Waals surface area contributed by atoms with Gasteiger partial charge < -0.3 is 11.5 Å². The molecule has 0 fully saturated rings. The van der Waals surface area contributed by atoms with Crippen LogP contribution in [0.5, 0.6) is 0 Å². The van der Waals surface area contributed by atoms with Crippen molar-refractivity contribution >= 4 is 27.6 Å². The maximum Gasteiger partial charge on any atom is 0.150 e. The number of nitrogen functional groups attached to an aromatic ring is 1. The van der Waals surface area contributed by atoms with Crippen molar-refractivity contribution in [2.24, 2.45) is 5.73 Å². The lowest BCUT2D eigenvalue weighted by Crippen LogP contribution is -1.99. The first-order chi connectivity index (χ1) is 12.6. The van der Waals surface area contributed by atoms with E-state index in [0.29, 0.717) is 12.4 Å². The lowest BCUT2D eigenvalue weighted by Gasteiger charge is -2.09. The van der Waals surface area contributed by atoms with Crippen LogP contribution in [-0.4, -0.2) is 9.97 Å². The van der Waals surface area contributed by atoms with Crippen molar-refractivity contribution in [3.05, 3.63) is 77.0 Å². The average Bonchev–Trinajstić information content (AvgIpc) is 2.66. The predicted molar refractivity (Wildman–Crippen MR) is 108 cm³/mol. The molecular formula is C22H22N4. The molecule has 0 spiro atoms. The van der Waals surface area contributed by atoms with Gasteiger partial charge in [-0.2, -0.15) is 0 Å². The standard InChI is InChI=1S/C22H22N4/c1-14-2-9-18-19-11-17(8-5-15-3-6-16(12-23)7-4-15)13-25-21(19)22(24)26-20(18)10-14/h2-4,6-7,9-11,13H,5,8,12,23H2,1H3,(H2,24,26). The maximum atomic E-state index is 6.13. The number of nitrogens with two attached hydrogens (primary N) is 2. The van der Waals surface area contributed by atoms with Gasteiger partial charge in [0.15, 0.2) is 5.82 Å². The van der Waals surface area contributed by atoms with Gasteiger partial charge >= 0.3 is 0 Å². The van der Waals surface area contributed by atoms with Crippen LogP contribution in [0.1, 0.15) is 22.3 Å². The smallest absolute Gasteiger partial charge is 0.150 e. The SMILES string of the molecule is Cc1ccc2c(c1)nc(N)c1ncc(CCc3ccc(CN)cc3)cc12. The number of nitrogens with zero attached hydrogens (tertiary/aromatic N) is 2. The molecule has 4 heteroatoms. The molecule has 0 atom stereocenters. The van der Waals surface area contributed by atoms with E-state index < -0.39 is 0 Å². The Labute approximate surface area is 152 Å². The molecule has 0 aliphatic rings. The number of rotatable bonds is 4. The molecule has 0 aliphatic heterocycles. The van der Waals surface area contributed by atoms with Gasteiger partial charge in [-0.1, -0.05) is 36.4 Å². The van der Waals surface area contributed by atoms with Gasteiger partial charge in [0.05, 0.1) is 5.52 Å². The molecule has 0 radical (unpaired) electrons. The van der Waals surface area contributed by atoms with Gasteiger partial charge in [-0.05, 0) is 54.2 Å². The Hall–Kier alpha value is -2.98. The minimum absolute atomic E-state index is 0.488. The van der Waals surface area contributed by atoms with Gasteiger partial charge in [-0.15, -0.1) is 0 Å². The molecule has 4 aromatic rings.